The molecule has 55 heavy (non-hydrogen) atoms. The SMILES string of the molecule is Cc1cccc(-c2cc(-c3[c-]c(-c4nc5ccccn5c4-c4ccc5c6ccccc6n(-c6ccccc6)c5c4)ccc3)nc(-c3ccccc3O)c2)c1.[Pt]. The Bertz CT molecular complexity index is 3040. The molecule has 0 saturated carbocycles. The van der Waals surface area contributed by atoms with E-state index in [0.29, 0.717) is 11.3 Å². The maximum atomic E-state index is 10.9. The van der Waals surface area contributed by atoms with Crippen molar-refractivity contribution in [2.24, 2.45) is 0 Å². The zero-order valence-electron chi connectivity index (χ0n) is 29.8. The number of para-hydroxylation sites is 3. The molecule has 4 aromatic heterocycles. The van der Waals surface area contributed by atoms with E-state index in [-0.39, 0.29) is 26.8 Å². The number of hydrogen-bond acceptors (Lipinski definition) is 3. The first-order valence-corrected chi connectivity index (χ1v) is 18.1. The molecular weight excluding hydrogens is 856 g/mol. The number of hydrogen-bond donors (Lipinski definition) is 1. The van der Waals surface area contributed by atoms with Gasteiger partial charge in [-0.15, -0.1) is 24.3 Å². The number of rotatable bonds is 6. The summed E-state index contributed by atoms with van der Waals surface area (Å²) in [5.74, 6) is 0.188. The fraction of sp³-hybridized carbons (Fsp3) is 0.0204. The molecule has 0 amide bonds. The van der Waals surface area contributed by atoms with E-state index < -0.39 is 0 Å². The molecule has 0 atom stereocenters. The molecule has 6 aromatic carbocycles. The summed E-state index contributed by atoms with van der Waals surface area (Å²) >= 11 is 0. The number of phenolic OH excluding ortho intramolecular Hbond substituents is 1. The van der Waals surface area contributed by atoms with Crippen LogP contribution in [0.2, 0.25) is 0 Å². The Balaban J connectivity index is 0.00000397. The molecular formula is C49H33N4OPt-. The summed E-state index contributed by atoms with van der Waals surface area (Å²) in [6.07, 6.45) is 2.08. The van der Waals surface area contributed by atoms with E-state index in [0.717, 1.165) is 61.8 Å². The predicted molar refractivity (Wildman–Crippen MR) is 220 cm³/mol. The zero-order valence-corrected chi connectivity index (χ0v) is 32.1. The molecule has 0 aliphatic heterocycles. The summed E-state index contributed by atoms with van der Waals surface area (Å²) in [5.41, 5.74) is 14.2. The van der Waals surface area contributed by atoms with Crippen LogP contribution in [0.5, 0.6) is 5.75 Å². The molecule has 1 N–H and O–H groups in total. The van der Waals surface area contributed by atoms with Crippen LogP contribution in [0.1, 0.15) is 5.56 Å². The number of phenols is 1. The fourth-order valence-corrected chi connectivity index (χ4v) is 7.68. The zero-order chi connectivity index (χ0) is 36.2. The van der Waals surface area contributed by atoms with Crippen LogP contribution in [0.4, 0.5) is 0 Å². The van der Waals surface area contributed by atoms with Gasteiger partial charge in [-0.05, 0) is 78.2 Å². The van der Waals surface area contributed by atoms with Crippen LogP contribution in [0.3, 0.4) is 0 Å². The normalized spacial score (nSPS) is 11.3. The summed E-state index contributed by atoms with van der Waals surface area (Å²) in [4.78, 5) is 10.3. The maximum absolute atomic E-state index is 10.9. The number of aromatic nitrogens is 4. The van der Waals surface area contributed by atoms with Crippen molar-refractivity contribution in [2.45, 2.75) is 6.92 Å². The molecule has 4 heterocycles. The Kier molecular flexibility index (Phi) is 8.73. The van der Waals surface area contributed by atoms with Crippen LogP contribution >= 0.6 is 0 Å². The number of benzene rings is 6. The number of imidazole rings is 1. The molecule has 0 aliphatic carbocycles. The predicted octanol–water partition coefficient (Wildman–Crippen LogP) is 12.0. The van der Waals surface area contributed by atoms with E-state index in [1.807, 2.05) is 54.6 Å². The third kappa shape index (κ3) is 6.03. The summed E-state index contributed by atoms with van der Waals surface area (Å²) in [6, 6.07) is 61.8. The van der Waals surface area contributed by atoms with E-state index in [1.54, 1.807) is 6.07 Å². The second kappa shape index (κ2) is 14.0. The van der Waals surface area contributed by atoms with Crippen molar-refractivity contribution in [3.8, 4) is 67.6 Å². The summed E-state index contributed by atoms with van der Waals surface area (Å²) in [5, 5.41) is 13.3. The summed E-state index contributed by atoms with van der Waals surface area (Å²) in [6.45, 7) is 2.10. The third-order valence-corrected chi connectivity index (χ3v) is 10.2. The van der Waals surface area contributed by atoms with E-state index in [1.165, 1.54) is 21.9 Å². The smallest absolute Gasteiger partial charge is 0.129 e. The second-order valence-corrected chi connectivity index (χ2v) is 13.6. The minimum Gasteiger partial charge on any atom is -0.507 e. The standard InChI is InChI=1S/C49H33N4O.Pt/c1-32-13-11-14-33(27-32)37-29-42(50-43(30-37)41-20-6-8-22-46(41)54)34-15-12-16-35(28-34)48-49(52-26-10-9-23-47(52)51-48)36-24-25-40-39-19-5-7-21-44(39)53(45(40)31-36)38-17-3-2-4-18-38;/h2-27,29-31,54H,1H3;/q-1;. The molecule has 0 spiro atoms. The quantitative estimate of drug-likeness (QED) is 0.169. The summed E-state index contributed by atoms with van der Waals surface area (Å²) < 4.78 is 4.51. The van der Waals surface area contributed by atoms with Gasteiger partial charge in [0, 0.05) is 66.4 Å². The molecule has 0 saturated heterocycles. The number of fused-ring (bicyclic) bond motifs is 4. The Morgan fingerprint density at radius 3 is 2.16 bits per heavy atom. The minimum absolute atomic E-state index is 0. The average molecular weight is 889 g/mol. The van der Waals surface area contributed by atoms with Gasteiger partial charge in [0.2, 0.25) is 0 Å². The van der Waals surface area contributed by atoms with Gasteiger partial charge in [0.1, 0.15) is 11.4 Å². The van der Waals surface area contributed by atoms with E-state index in [2.05, 4.69) is 137 Å². The van der Waals surface area contributed by atoms with Crippen molar-refractivity contribution in [3.63, 3.8) is 0 Å². The van der Waals surface area contributed by atoms with Crippen LogP contribution in [0, 0.1) is 13.0 Å². The summed E-state index contributed by atoms with van der Waals surface area (Å²) in [7, 11) is 0. The topological polar surface area (TPSA) is 55.4 Å². The first-order chi connectivity index (χ1) is 26.6. The fourth-order valence-electron chi connectivity index (χ4n) is 7.68. The van der Waals surface area contributed by atoms with Crippen LogP contribution in [-0.2, 0) is 21.1 Å². The molecule has 10 rings (SSSR count). The van der Waals surface area contributed by atoms with Gasteiger partial charge < -0.3 is 14.1 Å². The van der Waals surface area contributed by atoms with Crippen molar-refractivity contribution in [1.82, 2.24) is 18.9 Å². The van der Waals surface area contributed by atoms with Crippen LogP contribution in [0.15, 0.2) is 176 Å². The minimum atomic E-state index is 0. The van der Waals surface area contributed by atoms with Crippen molar-refractivity contribution < 1.29 is 26.2 Å². The molecule has 0 fully saturated rings. The van der Waals surface area contributed by atoms with Crippen LogP contribution < -0.4 is 0 Å². The molecule has 0 bridgehead atoms. The molecule has 5 nitrogen and oxygen atoms in total. The molecule has 0 unspecified atom stereocenters. The monoisotopic (exact) mass is 888 g/mol. The van der Waals surface area contributed by atoms with Crippen LogP contribution in [0.25, 0.3) is 89.3 Å². The van der Waals surface area contributed by atoms with Gasteiger partial charge in [0.15, 0.2) is 0 Å². The maximum Gasteiger partial charge on any atom is 0.129 e. The molecule has 266 valence electrons. The Morgan fingerprint density at radius 1 is 0.545 bits per heavy atom. The largest absolute Gasteiger partial charge is 0.507 e. The number of pyridine rings is 2. The van der Waals surface area contributed by atoms with Gasteiger partial charge in [-0.3, -0.25) is 9.97 Å². The molecule has 0 aliphatic rings. The van der Waals surface area contributed by atoms with Gasteiger partial charge in [-0.1, -0.05) is 114 Å². The van der Waals surface area contributed by atoms with Crippen molar-refractivity contribution in [1.29, 1.82) is 0 Å². The van der Waals surface area contributed by atoms with Gasteiger partial charge in [0.05, 0.1) is 16.7 Å². The molecule has 10 aromatic rings. The third-order valence-electron chi connectivity index (χ3n) is 10.2. The molecule has 0 radical (unpaired) electrons. The number of nitrogens with zero attached hydrogens (tertiary/aromatic N) is 4. The first kappa shape index (κ1) is 34.2. The van der Waals surface area contributed by atoms with Gasteiger partial charge >= 0.3 is 0 Å². The number of aryl methyl sites for hydroxylation is 1. The Hall–Kier alpha value is -6.55. The average Bonchev–Trinajstić information content (AvgIpc) is 3.77. The van der Waals surface area contributed by atoms with Crippen molar-refractivity contribution >= 4 is 27.5 Å². The second-order valence-electron chi connectivity index (χ2n) is 13.6. The van der Waals surface area contributed by atoms with E-state index in [9.17, 15) is 5.11 Å². The van der Waals surface area contributed by atoms with Crippen LogP contribution in [-0.4, -0.2) is 24.0 Å². The van der Waals surface area contributed by atoms with Gasteiger partial charge in [-0.25, -0.2) is 0 Å². The Labute approximate surface area is 333 Å². The van der Waals surface area contributed by atoms with Crippen molar-refractivity contribution in [2.75, 3.05) is 0 Å². The van der Waals surface area contributed by atoms with E-state index in [4.69, 9.17) is 9.97 Å². The van der Waals surface area contributed by atoms with Crippen molar-refractivity contribution in [3.05, 3.63) is 188 Å². The van der Waals surface area contributed by atoms with Gasteiger partial charge in [-0.2, -0.15) is 0 Å². The van der Waals surface area contributed by atoms with Gasteiger partial charge in [0.25, 0.3) is 0 Å². The molecule has 6 heteroatoms. The van der Waals surface area contributed by atoms with E-state index >= 15 is 0 Å². The first-order valence-electron chi connectivity index (χ1n) is 18.1. The Morgan fingerprint density at radius 2 is 1.29 bits per heavy atom. The number of aromatic hydroxyl groups is 1.